The van der Waals surface area contributed by atoms with Crippen LogP contribution in [0.2, 0.25) is 0 Å². The third kappa shape index (κ3) is 4.66. The van der Waals surface area contributed by atoms with E-state index in [9.17, 15) is 20.0 Å². The molecule has 33 heavy (non-hydrogen) atoms. The van der Waals surface area contributed by atoms with Crippen molar-refractivity contribution in [3.05, 3.63) is 30.0 Å². The van der Waals surface area contributed by atoms with Gasteiger partial charge in [0.25, 0.3) is 5.91 Å². The molecule has 2 aliphatic rings. The van der Waals surface area contributed by atoms with Gasteiger partial charge in [-0.25, -0.2) is 0 Å². The summed E-state index contributed by atoms with van der Waals surface area (Å²) in [5.74, 6) is 0.0500. The Balaban J connectivity index is 1.51. The number of hydrogen-bond acceptors (Lipinski definition) is 7. The average Bonchev–Trinajstić information content (AvgIpc) is 3.55. The number of benzene rings is 1. The van der Waals surface area contributed by atoms with E-state index in [1.54, 1.807) is 25.2 Å². The molecule has 4 N–H and O–H groups in total. The molecular weight excluding hydrogens is 426 g/mol. The van der Waals surface area contributed by atoms with Crippen LogP contribution in [0.5, 0.6) is 5.75 Å². The van der Waals surface area contributed by atoms with E-state index in [-0.39, 0.29) is 23.8 Å². The van der Waals surface area contributed by atoms with Crippen LogP contribution >= 0.6 is 0 Å². The molecule has 5 unspecified atom stereocenters. The lowest BCUT2D eigenvalue weighted by Gasteiger charge is -2.30. The highest BCUT2D eigenvalue weighted by molar-refractivity contribution is 6.00. The zero-order valence-electron chi connectivity index (χ0n) is 18.7. The number of ether oxygens (including phenoxy) is 2. The highest BCUT2D eigenvalue weighted by atomic mass is 16.5. The van der Waals surface area contributed by atoms with Gasteiger partial charge in [0.1, 0.15) is 17.7 Å². The molecule has 2 fully saturated rings. The number of nitriles is 1. The zero-order chi connectivity index (χ0) is 23.5. The topological polar surface area (TPSA) is 140 Å². The summed E-state index contributed by atoms with van der Waals surface area (Å²) in [6.07, 6.45) is -0.00618. The summed E-state index contributed by atoms with van der Waals surface area (Å²) < 4.78 is 10.9. The van der Waals surface area contributed by atoms with Crippen LogP contribution in [0.4, 0.5) is 0 Å². The maximum atomic E-state index is 13.4. The van der Waals surface area contributed by atoms with Crippen LogP contribution in [0.3, 0.4) is 0 Å². The Bertz CT molecular complexity index is 1060. The number of carbonyl (C=O) groups is 2. The summed E-state index contributed by atoms with van der Waals surface area (Å²) in [6.45, 7) is 0.910. The van der Waals surface area contributed by atoms with Crippen LogP contribution < -0.4 is 15.4 Å². The minimum absolute atomic E-state index is 0.0714. The quantitative estimate of drug-likeness (QED) is 0.430. The Morgan fingerprint density at radius 1 is 1.42 bits per heavy atom. The molecule has 0 saturated carbocycles. The number of aliphatic hydroxyl groups is 1. The number of H-pyrrole nitrogens is 1. The second kappa shape index (κ2) is 9.79. The van der Waals surface area contributed by atoms with E-state index in [1.165, 1.54) is 0 Å². The van der Waals surface area contributed by atoms with Crippen molar-refractivity contribution in [1.82, 2.24) is 20.5 Å². The van der Waals surface area contributed by atoms with E-state index in [2.05, 4.69) is 21.7 Å². The van der Waals surface area contributed by atoms with Crippen LogP contribution in [0.1, 0.15) is 29.8 Å². The molecular formula is C23H29N5O5. The van der Waals surface area contributed by atoms with Gasteiger partial charge in [0, 0.05) is 37.0 Å². The lowest BCUT2D eigenvalue weighted by molar-refractivity contribution is -0.122. The number of amides is 2. The first-order chi connectivity index (χ1) is 15.9. The maximum absolute atomic E-state index is 13.4. The molecule has 2 amide bonds. The first kappa shape index (κ1) is 23.0. The average molecular weight is 456 g/mol. The SMILES string of the molecule is COc1cccc2[nH]c(C(=O)N3CC(OC)CC3C(O)NC(C#N)CC3CCNC3=O)cc12. The van der Waals surface area contributed by atoms with Gasteiger partial charge in [-0.05, 0) is 37.5 Å². The molecule has 2 aromatic rings. The van der Waals surface area contributed by atoms with Crippen LogP contribution in [-0.4, -0.2) is 78.5 Å². The number of fused-ring (bicyclic) bond motifs is 1. The summed E-state index contributed by atoms with van der Waals surface area (Å²) in [6, 6.07) is 8.08. The van der Waals surface area contributed by atoms with Gasteiger partial charge in [-0.1, -0.05) is 6.07 Å². The maximum Gasteiger partial charge on any atom is 0.270 e. The number of nitrogens with one attached hydrogen (secondary N) is 3. The van der Waals surface area contributed by atoms with Gasteiger partial charge in [-0.2, -0.15) is 5.26 Å². The Labute approximate surface area is 191 Å². The molecule has 10 nitrogen and oxygen atoms in total. The number of rotatable bonds is 8. The first-order valence-electron chi connectivity index (χ1n) is 11.1. The smallest absolute Gasteiger partial charge is 0.270 e. The van der Waals surface area contributed by atoms with Crippen molar-refractivity contribution >= 4 is 22.7 Å². The van der Waals surface area contributed by atoms with Crippen LogP contribution in [-0.2, 0) is 9.53 Å². The second-order valence-corrected chi connectivity index (χ2v) is 8.53. The highest BCUT2D eigenvalue weighted by Crippen LogP contribution is 2.29. The fraction of sp³-hybridized carbons (Fsp3) is 0.522. The van der Waals surface area contributed by atoms with E-state index in [0.29, 0.717) is 43.8 Å². The van der Waals surface area contributed by atoms with Gasteiger partial charge < -0.3 is 29.8 Å². The van der Waals surface area contributed by atoms with Crippen molar-refractivity contribution in [3.8, 4) is 11.8 Å². The molecule has 0 radical (unpaired) electrons. The molecule has 176 valence electrons. The number of hydrogen-bond donors (Lipinski definition) is 4. The summed E-state index contributed by atoms with van der Waals surface area (Å²) in [5.41, 5.74) is 1.15. The number of likely N-dealkylation sites (tertiary alicyclic amines) is 1. The summed E-state index contributed by atoms with van der Waals surface area (Å²) in [4.78, 5) is 30.0. The van der Waals surface area contributed by atoms with Crippen LogP contribution in [0.15, 0.2) is 24.3 Å². The first-order valence-corrected chi connectivity index (χ1v) is 11.1. The van der Waals surface area contributed by atoms with Gasteiger partial charge in [0.2, 0.25) is 5.91 Å². The Hall–Kier alpha value is -3.13. The highest BCUT2D eigenvalue weighted by Gasteiger charge is 2.41. The minimum Gasteiger partial charge on any atom is -0.496 e. The Morgan fingerprint density at radius 2 is 2.24 bits per heavy atom. The van der Waals surface area contributed by atoms with E-state index in [4.69, 9.17) is 9.47 Å². The van der Waals surface area contributed by atoms with Crippen molar-refractivity contribution < 1.29 is 24.2 Å². The zero-order valence-corrected chi connectivity index (χ0v) is 18.7. The summed E-state index contributed by atoms with van der Waals surface area (Å²) in [7, 11) is 3.14. The molecule has 5 atom stereocenters. The fourth-order valence-electron chi connectivity index (χ4n) is 4.73. The van der Waals surface area contributed by atoms with Crippen molar-refractivity contribution in [1.29, 1.82) is 5.26 Å². The van der Waals surface area contributed by atoms with Gasteiger partial charge in [0.05, 0.1) is 31.4 Å². The molecule has 0 spiro atoms. The fourth-order valence-corrected chi connectivity index (χ4v) is 4.73. The minimum atomic E-state index is -1.15. The normalized spacial score (nSPS) is 24.5. The number of carbonyl (C=O) groups excluding carboxylic acids is 2. The van der Waals surface area contributed by atoms with Gasteiger partial charge in [-0.3, -0.25) is 14.9 Å². The third-order valence-electron chi connectivity index (χ3n) is 6.55. The number of aromatic nitrogens is 1. The second-order valence-electron chi connectivity index (χ2n) is 8.53. The van der Waals surface area contributed by atoms with E-state index in [0.717, 1.165) is 10.9 Å². The Morgan fingerprint density at radius 3 is 2.91 bits per heavy atom. The molecule has 3 heterocycles. The van der Waals surface area contributed by atoms with Gasteiger partial charge >= 0.3 is 0 Å². The Kier molecular flexibility index (Phi) is 6.83. The third-order valence-corrected chi connectivity index (χ3v) is 6.55. The standard InChI is InChI=1S/C23H29N5O5/c1-32-15-9-19(22(30)26-14(11-24)8-13-6-7-25-21(13)29)28(12-15)23(31)18-10-16-17(27-18)4-3-5-20(16)33-2/h3-5,10,13-15,19,22,26-27,30H,6-9,12H2,1-2H3,(H,25,29). The van der Waals surface area contributed by atoms with Crippen LogP contribution in [0, 0.1) is 17.2 Å². The molecule has 0 bridgehead atoms. The molecule has 4 rings (SSSR count). The number of nitrogens with zero attached hydrogens (tertiary/aromatic N) is 2. The predicted octanol–water partition coefficient (Wildman–Crippen LogP) is 0.732. The number of methoxy groups -OCH3 is 2. The van der Waals surface area contributed by atoms with Crippen molar-refractivity contribution in [2.75, 3.05) is 27.3 Å². The molecule has 0 aliphatic carbocycles. The molecule has 2 aliphatic heterocycles. The van der Waals surface area contributed by atoms with Crippen molar-refractivity contribution in [3.63, 3.8) is 0 Å². The van der Waals surface area contributed by atoms with Gasteiger partial charge in [0.15, 0.2) is 0 Å². The van der Waals surface area contributed by atoms with E-state index >= 15 is 0 Å². The van der Waals surface area contributed by atoms with Crippen molar-refractivity contribution in [2.24, 2.45) is 5.92 Å². The number of aromatic amines is 1. The van der Waals surface area contributed by atoms with Crippen LogP contribution in [0.25, 0.3) is 10.9 Å². The largest absolute Gasteiger partial charge is 0.496 e. The predicted molar refractivity (Wildman–Crippen MR) is 119 cm³/mol. The van der Waals surface area contributed by atoms with Crippen molar-refractivity contribution in [2.45, 2.75) is 43.7 Å². The van der Waals surface area contributed by atoms with Gasteiger partial charge in [-0.15, -0.1) is 0 Å². The van der Waals surface area contributed by atoms with E-state index in [1.807, 2.05) is 18.2 Å². The lowest BCUT2D eigenvalue weighted by atomic mass is 9.98. The molecule has 10 heteroatoms. The monoisotopic (exact) mass is 455 g/mol. The molecule has 1 aromatic heterocycles. The van der Waals surface area contributed by atoms with E-state index < -0.39 is 18.3 Å². The lowest BCUT2D eigenvalue weighted by Crippen LogP contribution is -2.52. The number of aliphatic hydroxyl groups excluding tert-OH is 1. The molecule has 1 aromatic carbocycles. The summed E-state index contributed by atoms with van der Waals surface area (Å²) in [5, 5.41) is 27.0. The summed E-state index contributed by atoms with van der Waals surface area (Å²) >= 11 is 0. The molecule has 2 saturated heterocycles.